The third kappa shape index (κ3) is 2.36. The molecule has 0 spiro atoms. The Bertz CT molecular complexity index is 889. The molecule has 4 nitrogen and oxygen atoms in total. The fourth-order valence-electron chi connectivity index (χ4n) is 2.93. The monoisotopic (exact) mass is 350 g/mol. The summed E-state index contributed by atoms with van der Waals surface area (Å²) in [6.07, 6.45) is 3.60. The molecule has 0 atom stereocenters. The van der Waals surface area contributed by atoms with Crippen LogP contribution < -0.4 is 10.6 Å². The van der Waals surface area contributed by atoms with Gasteiger partial charge >= 0.3 is 0 Å². The molecule has 23 heavy (non-hydrogen) atoms. The van der Waals surface area contributed by atoms with Crippen molar-refractivity contribution < 1.29 is 4.39 Å². The summed E-state index contributed by atoms with van der Waals surface area (Å²) < 4.78 is 16.2. The Morgan fingerprint density at radius 2 is 2.00 bits per heavy atom. The van der Waals surface area contributed by atoms with Crippen molar-refractivity contribution in [3.05, 3.63) is 64.2 Å². The van der Waals surface area contributed by atoms with Gasteiger partial charge in [0.15, 0.2) is 0 Å². The number of hydrogen-bond acceptors (Lipinski definition) is 3. The quantitative estimate of drug-likeness (QED) is 0.707. The van der Waals surface area contributed by atoms with E-state index in [0.29, 0.717) is 23.7 Å². The normalized spacial score (nSPS) is 16.3. The van der Waals surface area contributed by atoms with Gasteiger partial charge in [-0.2, -0.15) is 5.10 Å². The number of fused-ring (bicyclic) bond motifs is 1. The van der Waals surface area contributed by atoms with E-state index in [1.807, 2.05) is 24.4 Å². The molecule has 3 aromatic rings. The van der Waals surface area contributed by atoms with E-state index in [-0.39, 0.29) is 10.8 Å². The Balaban J connectivity index is 1.77. The lowest BCUT2D eigenvalue weighted by Crippen LogP contribution is -2.62. The number of nitrogens with zero attached hydrogens (tertiary/aromatic N) is 2. The van der Waals surface area contributed by atoms with Gasteiger partial charge in [-0.25, -0.2) is 8.91 Å². The zero-order valence-electron chi connectivity index (χ0n) is 12.0. The Labute approximate surface area is 142 Å². The molecule has 0 unspecified atom stereocenters. The number of aromatic nitrogens is 2. The third-order valence-corrected chi connectivity index (χ3v) is 4.96. The van der Waals surface area contributed by atoms with E-state index in [1.54, 1.807) is 10.7 Å². The highest BCUT2D eigenvalue weighted by atomic mass is 35.5. The number of anilines is 1. The first-order chi connectivity index (χ1) is 11.1. The summed E-state index contributed by atoms with van der Waals surface area (Å²) in [5, 5.41) is 11.4. The summed E-state index contributed by atoms with van der Waals surface area (Å²) >= 11 is 12.4. The Kier molecular flexibility index (Phi) is 3.44. The van der Waals surface area contributed by atoms with Gasteiger partial charge in [0.1, 0.15) is 5.82 Å². The predicted octanol–water partition coefficient (Wildman–Crippen LogP) is 3.69. The van der Waals surface area contributed by atoms with Crippen molar-refractivity contribution >= 4 is 34.4 Å². The molecular weight excluding hydrogens is 338 g/mol. The van der Waals surface area contributed by atoms with Gasteiger partial charge in [-0.3, -0.25) is 0 Å². The van der Waals surface area contributed by atoms with Crippen molar-refractivity contribution in [3.63, 3.8) is 0 Å². The molecular formula is C16H13Cl2FN4. The predicted molar refractivity (Wildman–Crippen MR) is 89.8 cm³/mol. The van der Waals surface area contributed by atoms with E-state index in [0.717, 1.165) is 11.2 Å². The van der Waals surface area contributed by atoms with Crippen LogP contribution in [-0.2, 0) is 5.54 Å². The van der Waals surface area contributed by atoms with E-state index in [2.05, 4.69) is 15.7 Å². The maximum atomic E-state index is 14.4. The molecule has 1 aromatic carbocycles. The lowest BCUT2D eigenvalue weighted by molar-refractivity contribution is 0.307. The Hall–Kier alpha value is -1.82. The highest BCUT2D eigenvalue weighted by molar-refractivity contribution is 6.42. The number of hydrogen-bond donors (Lipinski definition) is 2. The smallest absolute Gasteiger partial charge is 0.130 e. The minimum Gasteiger partial charge on any atom is -0.372 e. The van der Waals surface area contributed by atoms with Crippen LogP contribution in [0.2, 0.25) is 10.0 Å². The van der Waals surface area contributed by atoms with Crippen molar-refractivity contribution in [3.8, 4) is 0 Å². The van der Waals surface area contributed by atoms with Crippen LogP contribution in [0.25, 0.3) is 5.52 Å². The van der Waals surface area contributed by atoms with Gasteiger partial charge in [0.25, 0.3) is 0 Å². The first kappa shape index (κ1) is 14.8. The largest absolute Gasteiger partial charge is 0.372 e. The molecule has 0 aliphatic carbocycles. The number of pyridine rings is 1. The first-order valence-corrected chi connectivity index (χ1v) is 7.91. The van der Waals surface area contributed by atoms with E-state index >= 15 is 0 Å². The molecule has 7 heteroatoms. The van der Waals surface area contributed by atoms with Crippen molar-refractivity contribution in [1.82, 2.24) is 14.9 Å². The van der Waals surface area contributed by atoms with Gasteiger partial charge in [-0.05, 0) is 30.3 Å². The average Bonchev–Trinajstić information content (AvgIpc) is 2.96. The van der Waals surface area contributed by atoms with Crippen LogP contribution in [0.15, 0.2) is 42.7 Å². The van der Waals surface area contributed by atoms with Crippen molar-refractivity contribution in [2.75, 3.05) is 18.4 Å². The van der Waals surface area contributed by atoms with Gasteiger partial charge in [0, 0.05) is 24.8 Å². The summed E-state index contributed by atoms with van der Waals surface area (Å²) in [5.41, 5.74) is 1.58. The molecule has 118 valence electrons. The van der Waals surface area contributed by atoms with Crippen molar-refractivity contribution in [2.45, 2.75) is 5.54 Å². The second-order valence-corrected chi connectivity index (χ2v) is 6.43. The van der Waals surface area contributed by atoms with Gasteiger partial charge in [-0.1, -0.05) is 23.2 Å². The summed E-state index contributed by atoms with van der Waals surface area (Å²) in [7, 11) is 0. The number of benzene rings is 1. The maximum absolute atomic E-state index is 14.4. The highest BCUT2D eigenvalue weighted by Crippen LogP contribution is 2.39. The van der Waals surface area contributed by atoms with Crippen LogP contribution in [-0.4, -0.2) is 22.7 Å². The van der Waals surface area contributed by atoms with E-state index < -0.39 is 5.54 Å². The summed E-state index contributed by atoms with van der Waals surface area (Å²) in [5.74, 6) is -0.367. The van der Waals surface area contributed by atoms with E-state index in [4.69, 9.17) is 23.2 Å². The molecule has 3 heterocycles. The fourth-order valence-corrected chi connectivity index (χ4v) is 3.42. The van der Waals surface area contributed by atoms with Crippen molar-refractivity contribution in [1.29, 1.82) is 0 Å². The van der Waals surface area contributed by atoms with E-state index in [1.165, 1.54) is 12.1 Å². The van der Waals surface area contributed by atoms with Gasteiger partial charge in [-0.15, -0.1) is 0 Å². The molecule has 1 saturated heterocycles. The molecule has 2 aromatic heterocycles. The number of halogens is 3. The molecule has 0 bridgehead atoms. The van der Waals surface area contributed by atoms with Crippen LogP contribution in [0.1, 0.15) is 5.56 Å². The third-order valence-electron chi connectivity index (χ3n) is 4.16. The highest BCUT2D eigenvalue weighted by Gasteiger charge is 2.43. The lowest BCUT2D eigenvalue weighted by Gasteiger charge is -2.45. The van der Waals surface area contributed by atoms with Gasteiger partial charge in [0.2, 0.25) is 0 Å². The van der Waals surface area contributed by atoms with Crippen LogP contribution in [0.3, 0.4) is 0 Å². The Morgan fingerprint density at radius 3 is 2.74 bits per heavy atom. The van der Waals surface area contributed by atoms with Crippen molar-refractivity contribution in [2.24, 2.45) is 0 Å². The molecule has 4 rings (SSSR count). The molecule has 0 saturated carbocycles. The molecule has 1 aliphatic heterocycles. The van der Waals surface area contributed by atoms with Crippen LogP contribution in [0, 0.1) is 5.82 Å². The Morgan fingerprint density at radius 1 is 1.17 bits per heavy atom. The number of rotatable bonds is 3. The first-order valence-electron chi connectivity index (χ1n) is 7.15. The molecule has 2 N–H and O–H groups in total. The fraction of sp³-hybridized carbons (Fsp3) is 0.188. The summed E-state index contributed by atoms with van der Waals surface area (Å²) in [6.45, 7) is 1.11. The minimum absolute atomic E-state index is 0.251. The zero-order valence-corrected chi connectivity index (χ0v) is 13.5. The molecule has 1 fully saturated rings. The second-order valence-electron chi connectivity index (χ2n) is 5.65. The van der Waals surface area contributed by atoms with Gasteiger partial charge in [0.05, 0.1) is 33.0 Å². The van der Waals surface area contributed by atoms with Gasteiger partial charge < -0.3 is 10.6 Å². The topological polar surface area (TPSA) is 41.4 Å². The summed E-state index contributed by atoms with van der Waals surface area (Å²) in [4.78, 5) is 0. The summed E-state index contributed by atoms with van der Waals surface area (Å²) in [6, 6.07) is 8.62. The average molecular weight is 351 g/mol. The SMILES string of the molecule is Fc1ccc(Cl)c(Cl)c1C1(Nc2ccc3ccnn3c2)CNC1. The molecule has 1 aliphatic rings. The maximum Gasteiger partial charge on any atom is 0.130 e. The standard InChI is InChI=1S/C16H13Cl2FN4/c17-12-3-4-13(19)14(15(12)18)16(8-20-9-16)22-10-1-2-11-5-6-21-23(11)7-10/h1-7,20,22H,8-9H2. The molecule has 0 amide bonds. The van der Waals surface area contributed by atoms with E-state index in [9.17, 15) is 4.39 Å². The lowest BCUT2D eigenvalue weighted by atomic mass is 9.83. The van der Waals surface area contributed by atoms with Crippen LogP contribution >= 0.6 is 23.2 Å². The number of nitrogens with one attached hydrogen (secondary N) is 2. The minimum atomic E-state index is -0.632. The van der Waals surface area contributed by atoms with Crippen LogP contribution in [0.5, 0.6) is 0 Å². The van der Waals surface area contributed by atoms with Crippen LogP contribution in [0.4, 0.5) is 10.1 Å². The molecule has 0 radical (unpaired) electrons. The zero-order chi connectivity index (χ0) is 16.0. The second kappa shape index (κ2) is 5.37.